The molecule has 0 fully saturated rings. The molecule has 1 amide bonds. The number of H-pyrrole nitrogens is 1. The van der Waals surface area contributed by atoms with Crippen molar-refractivity contribution < 1.29 is 9.90 Å². The molecule has 2 aromatic heterocycles. The standard InChI is InChI=1S/C20H22N6O2/c1-12-10-15(19(27)24-17-14(12)8-5-9-21-17)22-20(28)18-23-16(25-26-18)11-13-6-3-2-4-7-13/h2-9,12,15,20,22,28H,10-11H2,1H3,(H,21,24,27)(H,23,25,26)/t12-,15+,20?/m0/s1. The van der Waals surface area contributed by atoms with Crippen LogP contribution in [0.3, 0.4) is 0 Å². The van der Waals surface area contributed by atoms with E-state index in [0.717, 1.165) is 11.1 Å². The van der Waals surface area contributed by atoms with Gasteiger partial charge in [-0.3, -0.25) is 15.2 Å². The normalized spacial score (nSPS) is 20.1. The summed E-state index contributed by atoms with van der Waals surface area (Å²) in [7, 11) is 0. The van der Waals surface area contributed by atoms with Gasteiger partial charge >= 0.3 is 0 Å². The molecule has 8 heteroatoms. The molecule has 4 rings (SSSR count). The van der Waals surface area contributed by atoms with Gasteiger partial charge in [-0.05, 0) is 29.5 Å². The third-order valence-electron chi connectivity index (χ3n) is 4.88. The first-order valence-corrected chi connectivity index (χ1v) is 9.25. The van der Waals surface area contributed by atoms with E-state index in [2.05, 4.69) is 30.8 Å². The molecule has 3 atom stereocenters. The van der Waals surface area contributed by atoms with Crippen LogP contribution in [0.4, 0.5) is 5.82 Å². The Hall–Kier alpha value is -3.10. The Morgan fingerprint density at radius 3 is 2.89 bits per heavy atom. The first-order valence-electron chi connectivity index (χ1n) is 9.25. The van der Waals surface area contributed by atoms with E-state index < -0.39 is 12.3 Å². The Kier molecular flexibility index (Phi) is 5.14. The number of hydrogen-bond donors (Lipinski definition) is 4. The summed E-state index contributed by atoms with van der Waals surface area (Å²) in [5, 5.41) is 23.2. The maximum absolute atomic E-state index is 12.6. The van der Waals surface area contributed by atoms with Gasteiger partial charge < -0.3 is 10.4 Å². The highest BCUT2D eigenvalue weighted by Crippen LogP contribution is 2.30. The van der Waals surface area contributed by atoms with Crippen molar-refractivity contribution in [2.75, 3.05) is 5.32 Å². The number of aliphatic hydroxyl groups excluding tert-OH is 1. The predicted molar refractivity (Wildman–Crippen MR) is 103 cm³/mol. The van der Waals surface area contributed by atoms with Crippen molar-refractivity contribution in [2.24, 2.45) is 0 Å². The number of anilines is 1. The van der Waals surface area contributed by atoms with Crippen LogP contribution >= 0.6 is 0 Å². The van der Waals surface area contributed by atoms with Crippen molar-refractivity contribution >= 4 is 11.7 Å². The second-order valence-electron chi connectivity index (χ2n) is 6.99. The lowest BCUT2D eigenvalue weighted by Crippen LogP contribution is -2.42. The fraction of sp³-hybridized carbons (Fsp3) is 0.300. The molecule has 0 saturated carbocycles. The third kappa shape index (κ3) is 3.92. The van der Waals surface area contributed by atoms with Gasteiger partial charge in [0.25, 0.3) is 0 Å². The zero-order valence-corrected chi connectivity index (χ0v) is 15.5. The average Bonchev–Trinajstić information content (AvgIpc) is 3.12. The van der Waals surface area contributed by atoms with Crippen LogP contribution in [0.2, 0.25) is 0 Å². The number of carbonyl (C=O) groups excluding carboxylic acids is 1. The summed E-state index contributed by atoms with van der Waals surface area (Å²) in [5.41, 5.74) is 2.08. The number of rotatable bonds is 5. The number of carbonyl (C=O) groups is 1. The minimum atomic E-state index is -1.15. The molecule has 4 N–H and O–H groups in total. The molecule has 3 aromatic rings. The predicted octanol–water partition coefficient (Wildman–Crippen LogP) is 1.89. The molecule has 0 saturated heterocycles. The SMILES string of the molecule is C[C@H]1C[C@@H](NC(O)c2n[nH]c(Cc3ccccc3)n2)C(=O)Nc2ncccc21. The molecule has 28 heavy (non-hydrogen) atoms. The number of aliphatic hydroxyl groups is 1. The van der Waals surface area contributed by atoms with Gasteiger partial charge in [-0.25, -0.2) is 9.97 Å². The molecule has 8 nitrogen and oxygen atoms in total. The second-order valence-corrected chi connectivity index (χ2v) is 6.99. The number of benzene rings is 1. The van der Waals surface area contributed by atoms with Crippen molar-refractivity contribution in [1.82, 2.24) is 25.5 Å². The summed E-state index contributed by atoms with van der Waals surface area (Å²) in [6.45, 7) is 2.03. The minimum absolute atomic E-state index is 0.105. The highest BCUT2D eigenvalue weighted by Gasteiger charge is 2.30. The molecule has 0 radical (unpaired) electrons. The molecule has 0 aliphatic carbocycles. The fourth-order valence-corrected chi connectivity index (χ4v) is 3.42. The Morgan fingerprint density at radius 1 is 1.25 bits per heavy atom. The number of nitrogens with one attached hydrogen (secondary N) is 3. The highest BCUT2D eigenvalue weighted by molar-refractivity contribution is 5.95. The van der Waals surface area contributed by atoms with Crippen molar-refractivity contribution in [3.8, 4) is 0 Å². The molecule has 1 aliphatic heterocycles. The van der Waals surface area contributed by atoms with Crippen LogP contribution in [-0.4, -0.2) is 37.2 Å². The lowest BCUT2D eigenvalue weighted by Gasteiger charge is -2.19. The maximum atomic E-state index is 12.6. The quantitative estimate of drug-likeness (QED) is 0.504. The fourth-order valence-electron chi connectivity index (χ4n) is 3.42. The van der Waals surface area contributed by atoms with Crippen LogP contribution in [0.25, 0.3) is 0 Å². The zero-order chi connectivity index (χ0) is 19.5. The maximum Gasteiger partial charge on any atom is 0.242 e. The van der Waals surface area contributed by atoms with E-state index in [9.17, 15) is 9.90 Å². The molecule has 1 aromatic carbocycles. The van der Waals surface area contributed by atoms with Crippen molar-refractivity contribution in [3.05, 3.63) is 71.4 Å². The summed E-state index contributed by atoms with van der Waals surface area (Å²) in [6, 6.07) is 13.1. The van der Waals surface area contributed by atoms with E-state index in [1.54, 1.807) is 6.20 Å². The minimum Gasteiger partial charge on any atom is -0.371 e. The van der Waals surface area contributed by atoms with Gasteiger partial charge in [0, 0.05) is 12.6 Å². The molecule has 1 aliphatic rings. The summed E-state index contributed by atoms with van der Waals surface area (Å²) < 4.78 is 0. The van der Waals surface area contributed by atoms with Gasteiger partial charge in [-0.15, -0.1) is 0 Å². The summed E-state index contributed by atoms with van der Waals surface area (Å²) in [5.74, 6) is 1.31. The van der Waals surface area contributed by atoms with Gasteiger partial charge in [0.05, 0.1) is 6.04 Å². The number of aromatic nitrogens is 4. The smallest absolute Gasteiger partial charge is 0.242 e. The van der Waals surface area contributed by atoms with Crippen LogP contribution in [0.1, 0.15) is 48.3 Å². The molecular weight excluding hydrogens is 356 g/mol. The number of nitrogens with zero attached hydrogens (tertiary/aromatic N) is 3. The highest BCUT2D eigenvalue weighted by atomic mass is 16.3. The van der Waals surface area contributed by atoms with Crippen LogP contribution in [0, 0.1) is 0 Å². The molecule has 144 valence electrons. The number of pyridine rings is 1. The van der Waals surface area contributed by atoms with E-state index in [4.69, 9.17) is 0 Å². The van der Waals surface area contributed by atoms with E-state index in [-0.39, 0.29) is 17.6 Å². The van der Waals surface area contributed by atoms with Crippen molar-refractivity contribution in [1.29, 1.82) is 0 Å². The molecule has 0 bridgehead atoms. The van der Waals surface area contributed by atoms with Gasteiger partial charge in [0.2, 0.25) is 5.91 Å². The number of amides is 1. The monoisotopic (exact) mass is 378 g/mol. The topological polar surface area (TPSA) is 116 Å². The van der Waals surface area contributed by atoms with Crippen LogP contribution < -0.4 is 10.6 Å². The number of aromatic amines is 1. The Bertz CT molecular complexity index is 958. The summed E-state index contributed by atoms with van der Waals surface area (Å²) in [6.07, 6.45) is 1.61. The van der Waals surface area contributed by atoms with Gasteiger partial charge in [0.15, 0.2) is 12.1 Å². The summed E-state index contributed by atoms with van der Waals surface area (Å²) in [4.78, 5) is 21.2. The first kappa shape index (κ1) is 18.3. The Morgan fingerprint density at radius 2 is 2.07 bits per heavy atom. The van der Waals surface area contributed by atoms with Crippen molar-refractivity contribution in [2.45, 2.75) is 38.0 Å². The number of hydrogen-bond acceptors (Lipinski definition) is 6. The summed E-state index contributed by atoms with van der Waals surface area (Å²) >= 11 is 0. The van der Waals surface area contributed by atoms with E-state index >= 15 is 0 Å². The van der Waals surface area contributed by atoms with Crippen molar-refractivity contribution in [3.63, 3.8) is 0 Å². The third-order valence-corrected chi connectivity index (χ3v) is 4.88. The van der Waals surface area contributed by atoms with Gasteiger partial charge in [0.1, 0.15) is 11.6 Å². The van der Waals surface area contributed by atoms with Crippen LogP contribution in [0.5, 0.6) is 0 Å². The van der Waals surface area contributed by atoms with E-state index in [1.165, 1.54) is 0 Å². The largest absolute Gasteiger partial charge is 0.371 e. The molecule has 0 spiro atoms. The van der Waals surface area contributed by atoms with Gasteiger partial charge in [-0.2, -0.15) is 5.10 Å². The van der Waals surface area contributed by atoms with Crippen LogP contribution in [-0.2, 0) is 11.2 Å². The van der Waals surface area contributed by atoms with Gasteiger partial charge in [-0.1, -0.05) is 43.3 Å². The lowest BCUT2D eigenvalue weighted by atomic mass is 9.95. The first-order chi connectivity index (χ1) is 13.6. The van der Waals surface area contributed by atoms with Crippen LogP contribution in [0.15, 0.2) is 48.7 Å². The van der Waals surface area contributed by atoms with E-state index in [1.807, 2.05) is 49.4 Å². The second kappa shape index (κ2) is 7.87. The Balaban J connectivity index is 1.44. The molecular formula is C20H22N6O2. The average molecular weight is 378 g/mol. The number of fused-ring (bicyclic) bond motifs is 1. The molecule has 1 unspecified atom stereocenters. The lowest BCUT2D eigenvalue weighted by molar-refractivity contribution is -0.119. The van der Waals surface area contributed by atoms with E-state index in [0.29, 0.717) is 24.5 Å². The molecule has 3 heterocycles. The zero-order valence-electron chi connectivity index (χ0n) is 15.5. The Labute approximate surface area is 162 Å².